The number of carbonyl (C=O) groups is 1. The van der Waals surface area contributed by atoms with Gasteiger partial charge < -0.3 is 23.7 Å². The number of rotatable bonds is 17. The van der Waals surface area contributed by atoms with Crippen molar-refractivity contribution in [3.8, 4) is 0 Å². The van der Waals surface area contributed by atoms with Gasteiger partial charge in [0.2, 0.25) is 0 Å². The highest BCUT2D eigenvalue weighted by atomic mass is 16.6. The van der Waals surface area contributed by atoms with Gasteiger partial charge in [-0.1, -0.05) is 43.2 Å². The molecule has 0 radical (unpaired) electrons. The van der Waals surface area contributed by atoms with Crippen LogP contribution in [0.5, 0.6) is 0 Å². The Kier molecular flexibility index (Phi) is 14.4. The molecule has 0 bridgehead atoms. The lowest BCUT2D eigenvalue weighted by Gasteiger charge is -2.19. The third-order valence-electron chi connectivity index (χ3n) is 3.82. The number of ether oxygens (including phenoxy) is 5. The normalized spacial score (nSPS) is 11.6. The number of hydrogen-bond donors (Lipinski definition) is 0. The molecule has 0 unspecified atom stereocenters. The van der Waals surface area contributed by atoms with Crippen molar-refractivity contribution in [1.29, 1.82) is 0 Å². The van der Waals surface area contributed by atoms with Crippen LogP contribution in [0.2, 0.25) is 0 Å². The van der Waals surface area contributed by atoms with E-state index in [0.29, 0.717) is 33.0 Å². The molecule has 1 aromatic carbocycles. The summed E-state index contributed by atoms with van der Waals surface area (Å²) in [4.78, 5) is 11.4. The first kappa shape index (κ1) is 25.6. The summed E-state index contributed by atoms with van der Waals surface area (Å²) in [5, 5.41) is 0. The molecule has 6 heteroatoms. The summed E-state index contributed by atoms with van der Waals surface area (Å²) in [5.41, 5.74) is 0.738. The first-order valence-corrected chi connectivity index (χ1v) is 10.5. The maximum Gasteiger partial charge on any atom is 0.332 e. The number of unbranched alkanes of at least 4 members (excludes halogenated alkanes) is 3. The maximum absolute atomic E-state index is 11.4. The number of benzene rings is 1. The summed E-state index contributed by atoms with van der Waals surface area (Å²) in [6, 6.07) is 10.2. The van der Waals surface area contributed by atoms with Gasteiger partial charge in [0, 0.05) is 13.2 Å². The topological polar surface area (TPSA) is 63.2 Å². The average Bonchev–Trinajstić information content (AvgIpc) is 2.67. The second-order valence-corrected chi connectivity index (χ2v) is 7.82. The van der Waals surface area contributed by atoms with Gasteiger partial charge in [0.15, 0.2) is 0 Å². The SMILES string of the molecule is CC(C)(C)OC(=O)COCCOCCOCCCCCCOCc1ccccc1. The Hall–Kier alpha value is -1.47. The quantitative estimate of drug-likeness (QED) is 0.284. The summed E-state index contributed by atoms with van der Waals surface area (Å²) in [6.45, 7) is 9.60. The predicted molar refractivity (Wildman–Crippen MR) is 113 cm³/mol. The van der Waals surface area contributed by atoms with Crippen LogP contribution in [-0.2, 0) is 35.1 Å². The van der Waals surface area contributed by atoms with Crippen LogP contribution in [0.3, 0.4) is 0 Å². The lowest BCUT2D eigenvalue weighted by molar-refractivity contribution is -0.160. The van der Waals surface area contributed by atoms with Crippen LogP contribution in [-0.4, -0.2) is 57.8 Å². The second-order valence-electron chi connectivity index (χ2n) is 7.82. The van der Waals surface area contributed by atoms with Gasteiger partial charge in [-0.05, 0) is 39.2 Å². The fraction of sp³-hybridized carbons (Fsp3) is 0.696. The molecule has 0 atom stereocenters. The van der Waals surface area contributed by atoms with E-state index in [2.05, 4.69) is 12.1 Å². The van der Waals surface area contributed by atoms with Crippen molar-refractivity contribution >= 4 is 5.97 Å². The molecular weight excluding hydrogens is 372 g/mol. The third kappa shape index (κ3) is 17.1. The fourth-order valence-corrected chi connectivity index (χ4v) is 2.49. The van der Waals surface area contributed by atoms with Gasteiger partial charge >= 0.3 is 5.97 Å². The zero-order chi connectivity index (χ0) is 21.2. The molecule has 0 spiro atoms. The largest absolute Gasteiger partial charge is 0.458 e. The second kappa shape index (κ2) is 16.3. The highest BCUT2D eigenvalue weighted by Crippen LogP contribution is 2.07. The van der Waals surface area contributed by atoms with Crippen molar-refractivity contribution in [2.45, 2.75) is 58.7 Å². The smallest absolute Gasteiger partial charge is 0.332 e. The van der Waals surface area contributed by atoms with Crippen molar-refractivity contribution in [1.82, 2.24) is 0 Å². The number of carbonyl (C=O) groups excluding carboxylic acids is 1. The molecule has 0 aliphatic heterocycles. The third-order valence-corrected chi connectivity index (χ3v) is 3.82. The monoisotopic (exact) mass is 410 g/mol. The Morgan fingerprint density at radius 2 is 1.28 bits per heavy atom. The Bertz CT molecular complexity index is 512. The molecule has 0 N–H and O–H groups in total. The van der Waals surface area contributed by atoms with Crippen molar-refractivity contribution in [2.24, 2.45) is 0 Å². The number of hydrogen-bond acceptors (Lipinski definition) is 6. The van der Waals surface area contributed by atoms with Crippen LogP contribution in [0.4, 0.5) is 0 Å². The Labute approximate surface area is 175 Å². The van der Waals surface area contributed by atoms with Gasteiger partial charge in [-0.15, -0.1) is 0 Å². The molecule has 29 heavy (non-hydrogen) atoms. The van der Waals surface area contributed by atoms with Crippen LogP contribution in [0, 0.1) is 0 Å². The minimum absolute atomic E-state index is 0.0472. The van der Waals surface area contributed by atoms with E-state index in [1.165, 1.54) is 5.56 Å². The van der Waals surface area contributed by atoms with Gasteiger partial charge in [0.25, 0.3) is 0 Å². The van der Waals surface area contributed by atoms with Crippen LogP contribution < -0.4 is 0 Å². The Morgan fingerprint density at radius 1 is 0.724 bits per heavy atom. The standard InChI is InChI=1S/C23H38O6/c1-23(2,3)29-22(24)20-28-18-17-26-16-15-25-13-9-4-5-10-14-27-19-21-11-7-6-8-12-21/h6-8,11-12H,4-5,9-10,13-20H2,1-3H3. The molecule has 0 aliphatic rings. The molecular formula is C23H38O6. The molecule has 6 nitrogen and oxygen atoms in total. The summed E-state index contributed by atoms with van der Waals surface area (Å²) >= 11 is 0. The lowest BCUT2D eigenvalue weighted by Crippen LogP contribution is -2.27. The van der Waals surface area contributed by atoms with Crippen LogP contribution in [0.1, 0.15) is 52.0 Å². The van der Waals surface area contributed by atoms with Gasteiger partial charge in [-0.25, -0.2) is 4.79 Å². The molecule has 0 saturated heterocycles. The van der Waals surface area contributed by atoms with E-state index in [-0.39, 0.29) is 12.6 Å². The molecule has 0 fully saturated rings. The number of esters is 1. The fourth-order valence-electron chi connectivity index (χ4n) is 2.49. The lowest BCUT2D eigenvalue weighted by atomic mass is 10.2. The van der Waals surface area contributed by atoms with Crippen LogP contribution in [0.25, 0.3) is 0 Å². The highest BCUT2D eigenvalue weighted by molar-refractivity contribution is 5.71. The van der Waals surface area contributed by atoms with Gasteiger partial charge in [-0.3, -0.25) is 0 Å². The van der Waals surface area contributed by atoms with E-state index < -0.39 is 5.60 Å². The van der Waals surface area contributed by atoms with Crippen LogP contribution >= 0.6 is 0 Å². The first-order chi connectivity index (χ1) is 14.0. The summed E-state index contributed by atoms with van der Waals surface area (Å²) in [6.07, 6.45) is 4.44. The van der Waals surface area contributed by atoms with Gasteiger partial charge in [-0.2, -0.15) is 0 Å². The summed E-state index contributed by atoms with van der Waals surface area (Å²) in [5.74, 6) is -0.358. The predicted octanol–water partition coefficient (Wildman–Crippen LogP) is 4.16. The van der Waals surface area contributed by atoms with Crippen molar-refractivity contribution in [3.05, 3.63) is 35.9 Å². The molecule has 0 heterocycles. The molecule has 0 aromatic heterocycles. The molecule has 166 valence electrons. The summed E-state index contributed by atoms with van der Waals surface area (Å²) in [7, 11) is 0. The van der Waals surface area contributed by atoms with Crippen molar-refractivity contribution < 1.29 is 28.5 Å². The minimum atomic E-state index is -0.482. The van der Waals surface area contributed by atoms with Gasteiger partial charge in [0.05, 0.1) is 33.0 Å². The van der Waals surface area contributed by atoms with Crippen molar-refractivity contribution in [2.75, 3.05) is 46.2 Å². The molecule has 1 rings (SSSR count). The highest BCUT2D eigenvalue weighted by Gasteiger charge is 2.15. The average molecular weight is 411 g/mol. The molecule has 1 aromatic rings. The van der Waals surface area contributed by atoms with E-state index in [9.17, 15) is 4.79 Å². The molecule has 0 aliphatic carbocycles. The maximum atomic E-state index is 11.4. The van der Waals surface area contributed by atoms with Gasteiger partial charge in [0.1, 0.15) is 12.2 Å². The van der Waals surface area contributed by atoms with E-state index in [4.69, 9.17) is 23.7 Å². The molecule has 0 saturated carbocycles. The Morgan fingerprint density at radius 3 is 1.90 bits per heavy atom. The van der Waals surface area contributed by atoms with E-state index in [1.54, 1.807) is 0 Å². The zero-order valence-electron chi connectivity index (χ0n) is 18.3. The van der Waals surface area contributed by atoms with Crippen molar-refractivity contribution in [3.63, 3.8) is 0 Å². The zero-order valence-corrected chi connectivity index (χ0v) is 18.3. The minimum Gasteiger partial charge on any atom is -0.458 e. The summed E-state index contributed by atoms with van der Waals surface area (Å²) < 4.78 is 27.0. The van der Waals surface area contributed by atoms with Crippen LogP contribution in [0.15, 0.2) is 30.3 Å². The van der Waals surface area contributed by atoms with E-state index >= 15 is 0 Å². The van der Waals surface area contributed by atoms with E-state index in [1.807, 2.05) is 39.0 Å². The molecule has 0 amide bonds. The Balaban J connectivity index is 1.74. The first-order valence-electron chi connectivity index (χ1n) is 10.5. The van der Waals surface area contributed by atoms with E-state index in [0.717, 1.165) is 38.9 Å².